The molecule has 1 heterocycles. The van der Waals surface area contributed by atoms with Crippen LogP contribution in [0.5, 0.6) is 0 Å². The molecule has 0 radical (unpaired) electrons. The van der Waals surface area contributed by atoms with Gasteiger partial charge in [0.15, 0.2) is 11.0 Å². The minimum absolute atomic E-state index is 0.108. The summed E-state index contributed by atoms with van der Waals surface area (Å²) in [6, 6.07) is 24.9. The molecule has 0 amide bonds. The first-order valence-corrected chi connectivity index (χ1v) is 11.7. The first-order chi connectivity index (χ1) is 14.8. The maximum Gasteiger partial charge on any atom is 0.196 e. The predicted molar refractivity (Wildman–Crippen MR) is 131 cm³/mol. The van der Waals surface area contributed by atoms with Crippen molar-refractivity contribution in [3.63, 3.8) is 0 Å². The number of aromatic nitrogens is 3. The van der Waals surface area contributed by atoms with Gasteiger partial charge in [-0.2, -0.15) is 0 Å². The van der Waals surface area contributed by atoms with Gasteiger partial charge in [0.2, 0.25) is 0 Å². The molecule has 0 aliphatic rings. The molecule has 3 nitrogen and oxygen atoms in total. The Hall–Kier alpha value is -2.56. The zero-order valence-corrected chi connectivity index (χ0v) is 19.8. The summed E-state index contributed by atoms with van der Waals surface area (Å²) in [5.74, 6) is 1.66. The number of nitrogens with zero attached hydrogens (tertiary/aromatic N) is 3. The number of hydrogen-bond acceptors (Lipinski definition) is 3. The maximum absolute atomic E-state index is 6.14. The number of benzene rings is 3. The van der Waals surface area contributed by atoms with Crippen molar-refractivity contribution in [2.24, 2.45) is 0 Å². The monoisotopic (exact) mass is 447 g/mol. The van der Waals surface area contributed by atoms with Crippen molar-refractivity contribution in [3.8, 4) is 17.1 Å². The molecule has 0 aliphatic heterocycles. The third kappa shape index (κ3) is 4.86. The van der Waals surface area contributed by atoms with Gasteiger partial charge in [0.05, 0.1) is 0 Å². The second-order valence-corrected chi connectivity index (χ2v) is 10.0. The molecule has 0 unspecified atom stereocenters. The number of rotatable bonds is 5. The Morgan fingerprint density at radius 3 is 2.19 bits per heavy atom. The Kier molecular flexibility index (Phi) is 6.22. The van der Waals surface area contributed by atoms with Crippen molar-refractivity contribution in [3.05, 3.63) is 94.5 Å². The summed E-state index contributed by atoms with van der Waals surface area (Å²) in [4.78, 5) is 0. The van der Waals surface area contributed by atoms with Crippen LogP contribution in [-0.4, -0.2) is 14.8 Å². The van der Waals surface area contributed by atoms with E-state index in [0.717, 1.165) is 28.0 Å². The van der Waals surface area contributed by atoms with Gasteiger partial charge in [-0.15, -0.1) is 10.2 Å². The summed E-state index contributed by atoms with van der Waals surface area (Å²) in [6.07, 6.45) is 0. The highest BCUT2D eigenvalue weighted by molar-refractivity contribution is 7.98. The van der Waals surface area contributed by atoms with E-state index in [1.165, 1.54) is 16.7 Å². The summed E-state index contributed by atoms with van der Waals surface area (Å²) in [7, 11) is 0. The van der Waals surface area contributed by atoms with Gasteiger partial charge < -0.3 is 0 Å². The fourth-order valence-electron chi connectivity index (χ4n) is 3.41. The van der Waals surface area contributed by atoms with Crippen LogP contribution < -0.4 is 0 Å². The molecule has 5 heteroatoms. The van der Waals surface area contributed by atoms with Crippen LogP contribution >= 0.6 is 23.4 Å². The average molecular weight is 448 g/mol. The van der Waals surface area contributed by atoms with Crippen LogP contribution in [0.15, 0.2) is 78.0 Å². The minimum Gasteiger partial charge on any atom is -0.270 e. The first kappa shape index (κ1) is 21.7. The standard InChI is InChI=1S/C26H26ClN3S/c1-18-7-5-6-8-20(18)17-31-25-29-28-24(30(25)23-15-13-22(27)14-16-23)19-9-11-21(12-10-19)26(2,3)4/h5-16H,17H2,1-4H3. The van der Waals surface area contributed by atoms with Gasteiger partial charge in [-0.05, 0) is 53.3 Å². The summed E-state index contributed by atoms with van der Waals surface area (Å²) in [5, 5.41) is 10.7. The van der Waals surface area contributed by atoms with Crippen molar-refractivity contribution in [2.75, 3.05) is 0 Å². The van der Waals surface area contributed by atoms with Gasteiger partial charge in [-0.3, -0.25) is 4.57 Å². The highest BCUT2D eigenvalue weighted by atomic mass is 35.5. The van der Waals surface area contributed by atoms with E-state index in [-0.39, 0.29) is 5.41 Å². The fraction of sp³-hybridized carbons (Fsp3) is 0.231. The quantitative estimate of drug-likeness (QED) is 0.297. The van der Waals surface area contributed by atoms with E-state index >= 15 is 0 Å². The summed E-state index contributed by atoms with van der Waals surface area (Å²) in [5.41, 5.74) is 6.02. The Morgan fingerprint density at radius 1 is 0.871 bits per heavy atom. The molecule has 0 fully saturated rings. The lowest BCUT2D eigenvalue weighted by atomic mass is 9.87. The molecular weight excluding hydrogens is 422 g/mol. The van der Waals surface area contributed by atoms with Crippen molar-refractivity contribution in [1.82, 2.24) is 14.8 Å². The molecule has 0 atom stereocenters. The van der Waals surface area contributed by atoms with Crippen LogP contribution in [-0.2, 0) is 11.2 Å². The molecule has 0 aliphatic carbocycles. The molecule has 0 saturated heterocycles. The van der Waals surface area contributed by atoms with E-state index in [9.17, 15) is 0 Å². The summed E-state index contributed by atoms with van der Waals surface area (Å²) >= 11 is 7.84. The zero-order valence-electron chi connectivity index (χ0n) is 18.3. The molecule has 4 rings (SSSR count). The molecule has 0 spiro atoms. The van der Waals surface area contributed by atoms with Crippen LogP contribution in [0.2, 0.25) is 5.02 Å². The second kappa shape index (κ2) is 8.89. The fourth-order valence-corrected chi connectivity index (χ4v) is 4.56. The summed E-state index contributed by atoms with van der Waals surface area (Å²) in [6.45, 7) is 8.80. The smallest absolute Gasteiger partial charge is 0.196 e. The lowest BCUT2D eigenvalue weighted by molar-refractivity contribution is 0.590. The van der Waals surface area contributed by atoms with Crippen molar-refractivity contribution < 1.29 is 0 Å². The van der Waals surface area contributed by atoms with Gasteiger partial charge in [0.1, 0.15) is 0 Å². The number of halogens is 1. The molecule has 0 saturated carbocycles. The highest BCUT2D eigenvalue weighted by Crippen LogP contribution is 2.32. The molecule has 4 aromatic rings. The van der Waals surface area contributed by atoms with Crippen LogP contribution in [0.1, 0.15) is 37.5 Å². The second-order valence-electron chi connectivity index (χ2n) is 8.66. The van der Waals surface area contributed by atoms with Crippen molar-refractivity contribution in [1.29, 1.82) is 0 Å². The molecule has 0 bridgehead atoms. The lowest BCUT2D eigenvalue weighted by Crippen LogP contribution is -2.10. The third-order valence-corrected chi connectivity index (χ3v) is 6.58. The van der Waals surface area contributed by atoms with Gasteiger partial charge in [-0.1, -0.05) is 92.7 Å². The topological polar surface area (TPSA) is 30.7 Å². The van der Waals surface area contributed by atoms with Gasteiger partial charge in [0, 0.05) is 22.0 Å². The summed E-state index contributed by atoms with van der Waals surface area (Å²) < 4.78 is 2.12. The van der Waals surface area contributed by atoms with Gasteiger partial charge >= 0.3 is 0 Å². The maximum atomic E-state index is 6.14. The van der Waals surface area contributed by atoms with Crippen LogP contribution in [0.25, 0.3) is 17.1 Å². The van der Waals surface area contributed by atoms with Crippen molar-refractivity contribution in [2.45, 2.75) is 44.0 Å². The Bertz CT molecular complexity index is 1170. The van der Waals surface area contributed by atoms with E-state index in [0.29, 0.717) is 5.02 Å². The van der Waals surface area contributed by atoms with E-state index in [2.05, 4.69) is 91.0 Å². The number of aryl methyl sites for hydroxylation is 1. The normalized spacial score (nSPS) is 11.6. The lowest BCUT2D eigenvalue weighted by Gasteiger charge is -2.19. The molecule has 0 N–H and O–H groups in total. The van der Waals surface area contributed by atoms with Crippen molar-refractivity contribution >= 4 is 23.4 Å². The molecular formula is C26H26ClN3S. The van der Waals surface area contributed by atoms with Crippen LogP contribution in [0.3, 0.4) is 0 Å². The highest BCUT2D eigenvalue weighted by Gasteiger charge is 2.18. The Labute approximate surface area is 193 Å². The average Bonchev–Trinajstić information content (AvgIpc) is 3.17. The van der Waals surface area contributed by atoms with E-state index in [1.54, 1.807) is 11.8 Å². The zero-order chi connectivity index (χ0) is 22.0. The molecule has 1 aromatic heterocycles. The minimum atomic E-state index is 0.108. The Morgan fingerprint density at radius 2 is 1.55 bits per heavy atom. The number of hydrogen-bond donors (Lipinski definition) is 0. The molecule has 31 heavy (non-hydrogen) atoms. The van der Waals surface area contributed by atoms with Crippen LogP contribution in [0.4, 0.5) is 0 Å². The SMILES string of the molecule is Cc1ccccc1CSc1nnc(-c2ccc(C(C)(C)C)cc2)n1-c1ccc(Cl)cc1. The van der Waals surface area contributed by atoms with E-state index in [4.69, 9.17) is 11.6 Å². The largest absolute Gasteiger partial charge is 0.270 e. The van der Waals surface area contributed by atoms with E-state index < -0.39 is 0 Å². The Balaban J connectivity index is 1.73. The third-order valence-electron chi connectivity index (χ3n) is 5.35. The number of thioether (sulfide) groups is 1. The predicted octanol–water partition coefficient (Wildman–Crippen LogP) is 7.49. The molecule has 3 aromatic carbocycles. The molecule has 158 valence electrons. The van der Waals surface area contributed by atoms with Crippen LogP contribution in [0, 0.1) is 6.92 Å². The van der Waals surface area contributed by atoms with E-state index in [1.807, 2.05) is 24.3 Å². The van der Waals surface area contributed by atoms with Gasteiger partial charge in [0.25, 0.3) is 0 Å². The first-order valence-electron chi connectivity index (χ1n) is 10.3. The van der Waals surface area contributed by atoms with Gasteiger partial charge in [-0.25, -0.2) is 0 Å².